The van der Waals surface area contributed by atoms with Crippen LogP contribution in [0.15, 0.2) is 22.6 Å². The lowest BCUT2D eigenvalue weighted by Gasteiger charge is -2.15. The van der Waals surface area contributed by atoms with Gasteiger partial charge in [-0.15, -0.1) is 0 Å². The highest BCUT2D eigenvalue weighted by Gasteiger charge is 2.25. The monoisotopic (exact) mass is 302 g/mol. The fourth-order valence-electron chi connectivity index (χ4n) is 3.03. The third kappa shape index (κ3) is 2.68. The Morgan fingerprint density at radius 3 is 3.00 bits per heavy atom. The molecule has 5 nitrogen and oxygen atoms in total. The number of carbonyl (C=O) groups excluding carboxylic acids is 1. The van der Waals surface area contributed by atoms with Gasteiger partial charge in [-0.3, -0.25) is 4.79 Å². The van der Waals surface area contributed by atoms with Crippen LogP contribution in [0, 0.1) is 12.8 Å². The van der Waals surface area contributed by atoms with Crippen molar-refractivity contribution in [1.29, 1.82) is 0 Å². The van der Waals surface area contributed by atoms with Crippen molar-refractivity contribution in [2.45, 2.75) is 26.3 Å². The number of benzene rings is 1. The summed E-state index contributed by atoms with van der Waals surface area (Å²) in [4.78, 5) is 12.2. The van der Waals surface area contributed by atoms with E-state index in [4.69, 9.17) is 9.15 Å². The predicted octanol–water partition coefficient (Wildman–Crippen LogP) is 2.54. The molecule has 1 amide bonds. The highest BCUT2D eigenvalue weighted by molar-refractivity contribution is 5.84. The Balaban J connectivity index is 1.82. The number of nitrogens with one attached hydrogen (secondary N) is 2. The van der Waals surface area contributed by atoms with Crippen LogP contribution in [-0.4, -0.2) is 26.1 Å². The number of fused-ring (bicyclic) bond motifs is 1. The van der Waals surface area contributed by atoms with E-state index in [0.717, 1.165) is 47.6 Å². The maximum Gasteiger partial charge on any atom is 0.225 e. The van der Waals surface area contributed by atoms with Crippen molar-refractivity contribution in [3.05, 3.63) is 29.5 Å². The van der Waals surface area contributed by atoms with E-state index >= 15 is 0 Å². The lowest BCUT2D eigenvalue weighted by molar-refractivity contribution is -0.125. The summed E-state index contributed by atoms with van der Waals surface area (Å²) in [6.45, 7) is 5.65. The van der Waals surface area contributed by atoms with Crippen LogP contribution in [0.3, 0.4) is 0 Å². The summed E-state index contributed by atoms with van der Waals surface area (Å²) in [5, 5.41) is 7.30. The molecule has 1 aliphatic heterocycles. The minimum atomic E-state index is -0.147. The van der Waals surface area contributed by atoms with E-state index < -0.39 is 0 Å². The SMILES string of the molecule is COc1ccc2oc(C(C)NC(=O)C3CCNC3)c(C)c2c1. The Bertz CT molecular complexity index is 687. The lowest BCUT2D eigenvalue weighted by atomic mass is 10.1. The third-order valence-electron chi connectivity index (χ3n) is 4.36. The normalized spacial score (nSPS) is 19.3. The quantitative estimate of drug-likeness (QED) is 0.911. The van der Waals surface area contributed by atoms with Crippen LogP contribution >= 0.6 is 0 Å². The number of carbonyl (C=O) groups is 1. The highest BCUT2D eigenvalue weighted by atomic mass is 16.5. The van der Waals surface area contributed by atoms with Gasteiger partial charge in [0.2, 0.25) is 5.91 Å². The van der Waals surface area contributed by atoms with Gasteiger partial charge in [0.05, 0.1) is 19.1 Å². The smallest absolute Gasteiger partial charge is 0.225 e. The molecule has 0 spiro atoms. The van der Waals surface area contributed by atoms with Crippen molar-refractivity contribution in [1.82, 2.24) is 10.6 Å². The summed E-state index contributed by atoms with van der Waals surface area (Å²) in [6, 6.07) is 5.60. The van der Waals surface area contributed by atoms with Crippen LogP contribution in [0.25, 0.3) is 11.0 Å². The molecule has 0 aliphatic carbocycles. The molecule has 0 bridgehead atoms. The van der Waals surface area contributed by atoms with Gasteiger partial charge in [0.15, 0.2) is 0 Å². The van der Waals surface area contributed by atoms with Crippen molar-refractivity contribution in [3.8, 4) is 5.75 Å². The molecule has 3 rings (SSSR count). The molecule has 1 aliphatic rings. The summed E-state index contributed by atoms with van der Waals surface area (Å²) in [7, 11) is 1.65. The van der Waals surface area contributed by atoms with E-state index in [0.29, 0.717) is 0 Å². The van der Waals surface area contributed by atoms with Crippen LogP contribution in [0.2, 0.25) is 0 Å². The Morgan fingerprint density at radius 1 is 1.50 bits per heavy atom. The van der Waals surface area contributed by atoms with Gasteiger partial charge in [-0.25, -0.2) is 0 Å². The second-order valence-corrected chi connectivity index (χ2v) is 5.87. The van der Waals surface area contributed by atoms with E-state index in [-0.39, 0.29) is 17.9 Å². The maximum atomic E-state index is 12.2. The Hall–Kier alpha value is -2.01. The molecule has 0 radical (unpaired) electrons. The van der Waals surface area contributed by atoms with E-state index in [1.54, 1.807) is 7.11 Å². The van der Waals surface area contributed by atoms with Crippen LogP contribution in [0.5, 0.6) is 5.75 Å². The van der Waals surface area contributed by atoms with Gasteiger partial charge in [-0.05, 0) is 45.0 Å². The van der Waals surface area contributed by atoms with Gasteiger partial charge in [0.1, 0.15) is 17.1 Å². The molecule has 1 fully saturated rings. The average Bonchev–Trinajstić information content (AvgIpc) is 3.15. The summed E-state index contributed by atoms with van der Waals surface area (Å²) < 4.78 is 11.2. The van der Waals surface area contributed by atoms with E-state index in [1.807, 2.05) is 32.0 Å². The van der Waals surface area contributed by atoms with Gasteiger partial charge < -0.3 is 19.8 Å². The van der Waals surface area contributed by atoms with Gasteiger partial charge in [0, 0.05) is 17.5 Å². The summed E-state index contributed by atoms with van der Waals surface area (Å²) in [5.74, 6) is 1.77. The predicted molar refractivity (Wildman–Crippen MR) is 85.0 cm³/mol. The molecular weight excluding hydrogens is 280 g/mol. The lowest BCUT2D eigenvalue weighted by Crippen LogP contribution is -2.33. The number of amides is 1. The molecule has 1 saturated heterocycles. The number of hydrogen-bond acceptors (Lipinski definition) is 4. The number of hydrogen-bond donors (Lipinski definition) is 2. The first kappa shape index (κ1) is 14.9. The molecule has 118 valence electrons. The molecule has 0 saturated carbocycles. The first-order valence-electron chi connectivity index (χ1n) is 7.68. The molecule has 5 heteroatoms. The topological polar surface area (TPSA) is 63.5 Å². The van der Waals surface area contributed by atoms with Crippen LogP contribution < -0.4 is 15.4 Å². The molecular formula is C17H22N2O3. The van der Waals surface area contributed by atoms with E-state index in [1.165, 1.54) is 0 Å². The van der Waals surface area contributed by atoms with Gasteiger partial charge in [0.25, 0.3) is 0 Å². The molecule has 2 aromatic rings. The van der Waals surface area contributed by atoms with Gasteiger partial charge in [-0.2, -0.15) is 0 Å². The fraction of sp³-hybridized carbons (Fsp3) is 0.471. The molecule has 22 heavy (non-hydrogen) atoms. The number of methoxy groups -OCH3 is 1. The second kappa shape index (κ2) is 6.01. The zero-order valence-electron chi connectivity index (χ0n) is 13.2. The molecule has 2 unspecified atom stereocenters. The zero-order valence-corrected chi connectivity index (χ0v) is 13.2. The minimum Gasteiger partial charge on any atom is -0.497 e. The molecule has 2 N–H and O–H groups in total. The van der Waals surface area contributed by atoms with Crippen molar-refractivity contribution in [3.63, 3.8) is 0 Å². The third-order valence-corrected chi connectivity index (χ3v) is 4.36. The van der Waals surface area contributed by atoms with Crippen LogP contribution in [0.4, 0.5) is 0 Å². The number of furan rings is 1. The van der Waals surface area contributed by atoms with Gasteiger partial charge in [-0.1, -0.05) is 0 Å². The van der Waals surface area contributed by atoms with Crippen LogP contribution in [-0.2, 0) is 4.79 Å². The molecule has 2 heterocycles. The molecule has 2 atom stereocenters. The fourth-order valence-corrected chi connectivity index (χ4v) is 3.03. The summed E-state index contributed by atoms with van der Waals surface area (Å²) in [5.41, 5.74) is 1.86. The maximum absolute atomic E-state index is 12.2. The largest absolute Gasteiger partial charge is 0.497 e. The standard InChI is InChI=1S/C17H22N2O3/c1-10-14-8-13(21-3)4-5-15(14)22-16(10)11(2)19-17(20)12-6-7-18-9-12/h4-5,8,11-12,18H,6-7,9H2,1-3H3,(H,19,20). The van der Waals surface area contributed by atoms with Crippen molar-refractivity contribution >= 4 is 16.9 Å². The van der Waals surface area contributed by atoms with Crippen LogP contribution in [0.1, 0.15) is 30.7 Å². The number of ether oxygens (including phenoxy) is 1. The average molecular weight is 302 g/mol. The minimum absolute atomic E-state index is 0.0622. The van der Waals surface area contributed by atoms with E-state index in [9.17, 15) is 4.79 Å². The number of rotatable bonds is 4. The first-order chi connectivity index (χ1) is 10.6. The van der Waals surface area contributed by atoms with Crippen molar-refractivity contribution in [2.24, 2.45) is 5.92 Å². The van der Waals surface area contributed by atoms with Crippen molar-refractivity contribution in [2.75, 3.05) is 20.2 Å². The number of aryl methyl sites for hydroxylation is 1. The highest BCUT2D eigenvalue weighted by Crippen LogP contribution is 2.32. The first-order valence-corrected chi connectivity index (χ1v) is 7.68. The zero-order chi connectivity index (χ0) is 15.7. The summed E-state index contributed by atoms with van der Waals surface area (Å²) in [6.07, 6.45) is 0.898. The summed E-state index contributed by atoms with van der Waals surface area (Å²) >= 11 is 0. The molecule has 1 aromatic heterocycles. The Kier molecular flexibility index (Phi) is 4.07. The van der Waals surface area contributed by atoms with Gasteiger partial charge >= 0.3 is 0 Å². The Morgan fingerprint density at radius 2 is 2.32 bits per heavy atom. The second-order valence-electron chi connectivity index (χ2n) is 5.87. The van der Waals surface area contributed by atoms with E-state index in [2.05, 4.69) is 10.6 Å². The Labute approximate surface area is 130 Å². The van der Waals surface area contributed by atoms with Crippen molar-refractivity contribution < 1.29 is 13.9 Å². The molecule has 1 aromatic carbocycles.